The third-order valence-electron chi connectivity index (χ3n) is 2.63. The lowest BCUT2D eigenvalue weighted by Gasteiger charge is -2.08. The number of hydrogen-bond donors (Lipinski definition) is 1. The Bertz CT molecular complexity index is 669. The lowest BCUT2D eigenvalue weighted by atomic mass is 10.1. The van der Waals surface area contributed by atoms with Crippen molar-refractivity contribution in [3.05, 3.63) is 64.7 Å². The molecule has 0 spiro atoms. The average Bonchev–Trinajstić information content (AvgIpc) is 2.43. The van der Waals surface area contributed by atoms with E-state index in [2.05, 4.69) is 5.32 Å². The molecule has 0 unspecified atom stereocenters. The van der Waals surface area contributed by atoms with E-state index in [1.165, 1.54) is 12.1 Å². The summed E-state index contributed by atoms with van der Waals surface area (Å²) in [6, 6.07) is 7.15. The van der Waals surface area contributed by atoms with Crippen LogP contribution in [0, 0.1) is 34.6 Å². The molecule has 0 aromatic heterocycles. The molecule has 0 bridgehead atoms. The van der Waals surface area contributed by atoms with Crippen LogP contribution in [0.5, 0.6) is 0 Å². The highest BCUT2D eigenvalue weighted by Crippen LogP contribution is 2.17. The van der Waals surface area contributed by atoms with Crippen molar-refractivity contribution in [1.29, 1.82) is 5.26 Å². The van der Waals surface area contributed by atoms with Gasteiger partial charge in [-0.3, -0.25) is 0 Å². The van der Waals surface area contributed by atoms with Gasteiger partial charge >= 0.3 is 0 Å². The standard InChI is InChI=1S/C14H8F4N2/c15-11-2-1-10(5-9(11)6-19)20-7-8-3-12(16)14(18)13(17)4-8/h1-5,20H,7H2. The van der Waals surface area contributed by atoms with Crippen molar-refractivity contribution >= 4 is 5.69 Å². The van der Waals surface area contributed by atoms with Gasteiger partial charge in [0.2, 0.25) is 0 Å². The zero-order valence-corrected chi connectivity index (χ0v) is 10.1. The second kappa shape index (κ2) is 5.61. The van der Waals surface area contributed by atoms with Crippen LogP contribution in [-0.4, -0.2) is 0 Å². The van der Waals surface area contributed by atoms with Crippen LogP contribution in [0.15, 0.2) is 30.3 Å². The molecule has 20 heavy (non-hydrogen) atoms. The lowest BCUT2D eigenvalue weighted by molar-refractivity contribution is 0.445. The Morgan fingerprint density at radius 3 is 2.20 bits per heavy atom. The van der Waals surface area contributed by atoms with Crippen molar-refractivity contribution < 1.29 is 17.6 Å². The zero-order chi connectivity index (χ0) is 14.7. The summed E-state index contributed by atoms with van der Waals surface area (Å²) in [6.07, 6.45) is 0. The van der Waals surface area contributed by atoms with Gasteiger partial charge in [-0.15, -0.1) is 0 Å². The third-order valence-corrected chi connectivity index (χ3v) is 2.63. The van der Waals surface area contributed by atoms with E-state index in [1.54, 1.807) is 6.07 Å². The number of halogens is 4. The Hall–Kier alpha value is -2.55. The van der Waals surface area contributed by atoms with Crippen LogP contribution in [0.25, 0.3) is 0 Å². The van der Waals surface area contributed by atoms with Crippen molar-refractivity contribution in [3.8, 4) is 6.07 Å². The first kappa shape index (κ1) is 13.9. The van der Waals surface area contributed by atoms with Crippen molar-refractivity contribution in [2.24, 2.45) is 0 Å². The summed E-state index contributed by atoms with van der Waals surface area (Å²) in [5.41, 5.74) is 0.448. The van der Waals surface area contributed by atoms with Gasteiger partial charge in [0, 0.05) is 12.2 Å². The normalized spacial score (nSPS) is 10.2. The molecule has 0 heterocycles. The fourth-order valence-electron chi connectivity index (χ4n) is 1.64. The molecular formula is C14H8F4N2. The molecule has 0 aliphatic heterocycles. The Morgan fingerprint density at radius 2 is 1.60 bits per heavy atom. The highest BCUT2D eigenvalue weighted by atomic mass is 19.2. The number of nitriles is 1. The SMILES string of the molecule is N#Cc1cc(NCc2cc(F)c(F)c(F)c2)ccc1F. The summed E-state index contributed by atoms with van der Waals surface area (Å²) in [6.45, 7) is 0.00458. The van der Waals surface area contributed by atoms with Crippen molar-refractivity contribution in [1.82, 2.24) is 0 Å². The maximum Gasteiger partial charge on any atom is 0.194 e. The van der Waals surface area contributed by atoms with Gasteiger partial charge in [-0.05, 0) is 35.9 Å². The molecular weight excluding hydrogens is 272 g/mol. The van der Waals surface area contributed by atoms with Crippen LogP contribution in [0.4, 0.5) is 23.2 Å². The summed E-state index contributed by atoms with van der Waals surface area (Å²) < 4.78 is 51.9. The van der Waals surface area contributed by atoms with E-state index in [9.17, 15) is 17.6 Å². The van der Waals surface area contributed by atoms with Gasteiger partial charge in [-0.2, -0.15) is 5.26 Å². The van der Waals surface area contributed by atoms with Gasteiger partial charge in [0.15, 0.2) is 17.5 Å². The monoisotopic (exact) mass is 280 g/mol. The maximum atomic E-state index is 13.1. The van der Waals surface area contributed by atoms with E-state index < -0.39 is 23.3 Å². The predicted octanol–water partition coefficient (Wildman–Crippen LogP) is 3.73. The number of benzene rings is 2. The molecule has 2 aromatic carbocycles. The van der Waals surface area contributed by atoms with Crippen LogP contribution in [0.1, 0.15) is 11.1 Å². The van der Waals surface area contributed by atoms with Crippen molar-refractivity contribution in [2.45, 2.75) is 6.54 Å². The van der Waals surface area contributed by atoms with E-state index >= 15 is 0 Å². The van der Waals surface area contributed by atoms with Gasteiger partial charge < -0.3 is 5.32 Å². The molecule has 0 saturated heterocycles. The van der Waals surface area contributed by atoms with E-state index in [1.807, 2.05) is 0 Å². The number of rotatable bonds is 3. The second-order valence-electron chi connectivity index (χ2n) is 4.03. The fraction of sp³-hybridized carbons (Fsp3) is 0.0714. The summed E-state index contributed by atoms with van der Waals surface area (Å²) in [5, 5.41) is 11.4. The number of nitrogens with zero attached hydrogens (tertiary/aromatic N) is 1. The molecule has 2 rings (SSSR count). The fourth-order valence-corrected chi connectivity index (χ4v) is 1.64. The number of anilines is 1. The van der Waals surface area contributed by atoms with E-state index in [0.717, 1.165) is 18.2 Å². The van der Waals surface area contributed by atoms with Crippen LogP contribution in [-0.2, 0) is 6.54 Å². The van der Waals surface area contributed by atoms with Crippen LogP contribution < -0.4 is 5.32 Å². The minimum Gasteiger partial charge on any atom is -0.381 e. The molecule has 0 amide bonds. The highest BCUT2D eigenvalue weighted by molar-refractivity contribution is 5.50. The molecule has 1 N–H and O–H groups in total. The Labute approximate surface area is 112 Å². The number of hydrogen-bond acceptors (Lipinski definition) is 2. The highest BCUT2D eigenvalue weighted by Gasteiger charge is 2.10. The van der Waals surface area contributed by atoms with Crippen molar-refractivity contribution in [2.75, 3.05) is 5.32 Å². The lowest BCUT2D eigenvalue weighted by Crippen LogP contribution is -2.03. The van der Waals surface area contributed by atoms with Crippen LogP contribution in [0.3, 0.4) is 0 Å². The quantitative estimate of drug-likeness (QED) is 0.687. The van der Waals surface area contributed by atoms with E-state index in [4.69, 9.17) is 5.26 Å². The zero-order valence-electron chi connectivity index (χ0n) is 10.1. The molecule has 2 aromatic rings. The molecule has 0 saturated carbocycles. The van der Waals surface area contributed by atoms with Gasteiger partial charge in [0.25, 0.3) is 0 Å². The Balaban J connectivity index is 2.15. The Morgan fingerprint density at radius 1 is 0.950 bits per heavy atom. The van der Waals surface area contributed by atoms with Crippen molar-refractivity contribution in [3.63, 3.8) is 0 Å². The Kier molecular flexibility index (Phi) is 3.89. The molecule has 0 fully saturated rings. The van der Waals surface area contributed by atoms with Gasteiger partial charge in [0.05, 0.1) is 5.56 Å². The molecule has 0 aliphatic rings. The summed E-state index contributed by atoms with van der Waals surface area (Å²) in [5.74, 6) is -4.74. The smallest absolute Gasteiger partial charge is 0.194 e. The molecule has 2 nitrogen and oxygen atoms in total. The molecule has 102 valence electrons. The first-order chi connectivity index (χ1) is 9.51. The predicted molar refractivity (Wildman–Crippen MR) is 64.8 cm³/mol. The van der Waals surface area contributed by atoms with Crippen LogP contribution in [0.2, 0.25) is 0 Å². The number of nitrogens with one attached hydrogen (secondary N) is 1. The minimum atomic E-state index is -1.53. The first-order valence-corrected chi connectivity index (χ1v) is 5.58. The molecule has 6 heteroatoms. The van der Waals surface area contributed by atoms with Gasteiger partial charge in [-0.25, -0.2) is 17.6 Å². The topological polar surface area (TPSA) is 35.8 Å². The summed E-state index contributed by atoms with van der Waals surface area (Å²) >= 11 is 0. The minimum absolute atomic E-state index is 0.00458. The van der Waals surface area contributed by atoms with Gasteiger partial charge in [0.1, 0.15) is 11.9 Å². The van der Waals surface area contributed by atoms with E-state index in [-0.39, 0.29) is 17.7 Å². The summed E-state index contributed by atoms with van der Waals surface area (Å²) in [7, 11) is 0. The van der Waals surface area contributed by atoms with Crippen LogP contribution >= 0.6 is 0 Å². The molecule has 0 aliphatic carbocycles. The average molecular weight is 280 g/mol. The van der Waals surface area contributed by atoms with E-state index in [0.29, 0.717) is 5.69 Å². The first-order valence-electron chi connectivity index (χ1n) is 5.58. The molecule has 0 radical (unpaired) electrons. The summed E-state index contributed by atoms with van der Waals surface area (Å²) in [4.78, 5) is 0. The van der Waals surface area contributed by atoms with Gasteiger partial charge in [-0.1, -0.05) is 0 Å². The largest absolute Gasteiger partial charge is 0.381 e. The second-order valence-corrected chi connectivity index (χ2v) is 4.03. The third kappa shape index (κ3) is 2.88. The molecule has 0 atom stereocenters. The maximum absolute atomic E-state index is 13.1.